The molecular weight excluding hydrogens is 145 g/mol. The molecule has 0 aromatic heterocycles. The SMILES string of the molecule is CP(C)(=O)C1CCCCN1. The van der Waals surface area contributed by atoms with Crippen LogP contribution in [0.5, 0.6) is 0 Å². The number of piperidine rings is 1. The quantitative estimate of drug-likeness (QED) is 0.593. The van der Waals surface area contributed by atoms with Crippen molar-refractivity contribution >= 4 is 7.14 Å². The standard InChI is InChI=1S/C7H16NOP/c1-10(2,9)7-5-3-4-6-8-7/h7-8H,3-6H2,1-2H3. The van der Waals surface area contributed by atoms with Crippen LogP contribution in [-0.4, -0.2) is 25.7 Å². The minimum Gasteiger partial charge on any atom is -0.323 e. The first-order valence-electron chi connectivity index (χ1n) is 3.89. The van der Waals surface area contributed by atoms with Gasteiger partial charge in [0.15, 0.2) is 0 Å². The van der Waals surface area contributed by atoms with E-state index in [2.05, 4.69) is 5.32 Å². The van der Waals surface area contributed by atoms with Crippen LogP contribution in [0.2, 0.25) is 0 Å². The molecule has 1 N–H and O–H groups in total. The Kier molecular flexibility index (Phi) is 2.54. The molecule has 1 rings (SSSR count). The Morgan fingerprint density at radius 1 is 1.40 bits per heavy atom. The lowest BCUT2D eigenvalue weighted by atomic mass is 10.2. The van der Waals surface area contributed by atoms with E-state index >= 15 is 0 Å². The molecule has 0 spiro atoms. The van der Waals surface area contributed by atoms with Crippen LogP contribution in [0.25, 0.3) is 0 Å². The van der Waals surface area contributed by atoms with Crippen LogP contribution >= 0.6 is 7.14 Å². The van der Waals surface area contributed by atoms with Gasteiger partial charge in [0.25, 0.3) is 0 Å². The van der Waals surface area contributed by atoms with Crippen molar-refractivity contribution in [3.05, 3.63) is 0 Å². The van der Waals surface area contributed by atoms with Crippen molar-refractivity contribution in [1.82, 2.24) is 5.32 Å². The van der Waals surface area contributed by atoms with E-state index in [0.717, 1.165) is 13.0 Å². The smallest absolute Gasteiger partial charge is 0.0979 e. The Hall–Kier alpha value is 0.190. The second-order valence-corrected chi connectivity index (χ2v) is 6.89. The minimum absolute atomic E-state index is 0.307. The molecule has 0 radical (unpaired) electrons. The summed E-state index contributed by atoms with van der Waals surface area (Å²) in [4.78, 5) is 0. The Balaban J connectivity index is 2.47. The molecule has 0 saturated carbocycles. The fourth-order valence-electron chi connectivity index (χ4n) is 1.36. The average molecular weight is 161 g/mol. The zero-order valence-electron chi connectivity index (χ0n) is 6.76. The normalized spacial score (nSPS) is 28.4. The highest BCUT2D eigenvalue weighted by Gasteiger charge is 2.23. The zero-order valence-corrected chi connectivity index (χ0v) is 7.66. The molecule has 0 bridgehead atoms. The van der Waals surface area contributed by atoms with Gasteiger partial charge in [0, 0.05) is 0 Å². The summed E-state index contributed by atoms with van der Waals surface area (Å²) in [5.74, 6) is 0.307. The third-order valence-electron chi connectivity index (χ3n) is 2.03. The van der Waals surface area contributed by atoms with Crippen molar-refractivity contribution in [3.8, 4) is 0 Å². The fourth-order valence-corrected chi connectivity index (χ4v) is 2.74. The number of hydrogen-bond acceptors (Lipinski definition) is 2. The van der Waals surface area contributed by atoms with Gasteiger partial charge in [-0.25, -0.2) is 0 Å². The number of nitrogens with one attached hydrogen (secondary N) is 1. The summed E-state index contributed by atoms with van der Waals surface area (Å²) in [7, 11) is -1.85. The first-order valence-corrected chi connectivity index (χ1v) is 6.56. The van der Waals surface area contributed by atoms with Gasteiger partial charge in [-0.2, -0.15) is 0 Å². The molecule has 1 unspecified atom stereocenters. The molecule has 1 saturated heterocycles. The van der Waals surface area contributed by atoms with Gasteiger partial charge in [0.2, 0.25) is 0 Å². The van der Waals surface area contributed by atoms with Gasteiger partial charge < -0.3 is 9.88 Å². The summed E-state index contributed by atoms with van der Waals surface area (Å²) < 4.78 is 11.5. The van der Waals surface area contributed by atoms with Crippen molar-refractivity contribution in [2.24, 2.45) is 0 Å². The molecule has 2 nitrogen and oxygen atoms in total. The van der Waals surface area contributed by atoms with Gasteiger partial charge in [-0.05, 0) is 32.7 Å². The summed E-state index contributed by atoms with van der Waals surface area (Å²) in [5, 5.41) is 3.30. The summed E-state index contributed by atoms with van der Waals surface area (Å²) in [5.41, 5.74) is 0. The van der Waals surface area contributed by atoms with Crippen LogP contribution in [-0.2, 0) is 4.57 Å². The van der Waals surface area contributed by atoms with E-state index in [1.54, 1.807) is 0 Å². The maximum Gasteiger partial charge on any atom is 0.0979 e. The molecule has 1 aliphatic heterocycles. The highest BCUT2D eigenvalue weighted by molar-refractivity contribution is 7.63. The first kappa shape index (κ1) is 8.29. The van der Waals surface area contributed by atoms with E-state index in [0.29, 0.717) is 5.78 Å². The predicted molar refractivity (Wildman–Crippen MR) is 45.1 cm³/mol. The Bertz CT molecular complexity index is 146. The van der Waals surface area contributed by atoms with Crippen molar-refractivity contribution in [2.75, 3.05) is 19.9 Å². The first-order chi connectivity index (χ1) is 4.61. The molecule has 0 aromatic carbocycles. The van der Waals surface area contributed by atoms with Crippen molar-refractivity contribution in [3.63, 3.8) is 0 Å². The van der Waals surface area contributed by atoms with Gasteiger partial charge >= 0.3 is 0 Å². The number of hydrogen-bond donors (Lipinski definition) is 1. The third-order valence-corrected chi connectivity index (χ3v) is 3.98. The topological polar surface area (TPSA) is 29.1 Å². The van der Waals surface area contributed by atoms with Gasteiger partial charge in [0.05, 0.1) is 12.9 Å². The molecule has 0 aromatic rings. The van der Waals surface area contributed by atoms with Gasteiger partial charge in [-0.1, -0.05) is 6.42 Å². The molecule has 0 aliphatic carbocycles. The van der Waals surface area contributed by atoms with Crippen molar-refractivity contribution in [2.45, 2.75) is 25.0 Å². The average Bonchev–Trinajstić information content (AvgIpc) is 1.88. The molecule has 10 heavy (non-hydrogen) atoms. The van der Waals surface area contributed by atoms with Gasteiger partial charge in [0.1, 0.15) is 0 Å². The predicted octanol–water partition coefficient (Wildman–Crippen LogP) is 1.71. The van der Waals surface area contributed by atoms with E-state index in [-0.39, 0.29) is 0 Å². The molecular formula is C7H16NOP. The highest BCUT2D eigenvalue weighted by Crippen LogP contribution is 2.44. The summed E-state index contributed by atoms with van der Waals surface area (Å²) in [6.45, 7) is 4.79. The molecule has 3 heteroatoms. The monoisotopic (exact) mass is 161 g/mol. The van der Waals surface area contributed by atoms with Gasteiger partial charge in [-0.3, -0.25) is 0 Å². The van der Waals surface area contributed by atoms with E-state index in [1.165, 1.54) is 12.8 Å². The molecule has 1 aliphatic rings. The summed E-state index contributed by atoms with van der Waals surface area (Å²) in [6.07, 6.45) is 3.59. The third kappa shape index (κ3) is 2.10. The van der Waals surface area contributed by atoms with Crippen LogP contribution in [0.3, 0.4) is 0 Å². The van der Waals surface area contributed by atoms with Crippen LogP contribution < -0.4 is 5.32 Å². The largest absolute Gasteiger partial charge is 0.323 e. The molecule has 0 amide bonds. The lowest BCUT2D eigenvalue weighted by Gasteiger charge is -2.26. The summed E-state index contributed by atoms with van der Waals surface area (Å²) >= 11 is 0. The lowest BCUT2D eigenvalue weighted by Crippen LogP contribution is -2.33. The lowest BCUT2D eigenvalue weighted by molar-refractivity contribution is 0.464. The Morgan fingerprint density at radius 2 is 2.10 bits per heavy atom. The van der Waals surface area contributed by atoms with Crippen molar-refractivity contribution in [1.29, 1.82) is 0 Å². The van der Waals surface area contributed by atoms with Crippen LogP contribution in [0.1, 0.15) is 19.3 Å². The van der Waals surface area contributed by atoms with Gasteiger partial charge in [-0.15, -0.1) is 0 Å². The summed E-state index contributed by atoms with van der Waals surface area (Å²) in [6, 6.07) is 0. The molecule has 1 atom stereocenters. The second-order valence-electron chi connectivity index (χ2n) is 3.40. The van der Waals surface area contributed by atoms with E-state index in [9.17, 15) is 4.57 Å². The van der Waals surface area contributed by atoms with E-state index < -0.39 is 7.14 Å². The molecule has 1 fully saturated rings. The molecule has 60 valence electrons. The van der Waals surface area contributed by atoms with Crippen LogP contribution in [0.15, 0.2) is 0 Å². The highest BCUT2D eigenvalue weighted by atomic mass is 31.2. The van der Waals surface area contributed by atoms with E-state index in [4.69, 9.17) is 0 Å². The van der Waals surface area contributed by atoms with Crippen LogP contribution in [0.4, 0.5) is 0 Å². The van der Waals surface area contributed by atoms with Crippen LogP contribution in [0, 0.1) is 0 Å². The van der Waals surface area contributed by atoms with Crippen molar-refractivity contribution < 1.29 is 4.57 Å². The Labute approximate surface area is 62.8 Å². The second kappa shape index (κ2) is 3.06. The fraction of sp³-hybridized carbons (Fsp3) is 1.00. The Morgan fingerprint density at radius 3 is 2.40 bits per heavy atom. The maximum absolute atomic E-state index is 11.5. The zero-order chi connectivity index (χ0) is 7.61. The minimum atomic E-state index is -1.85. The maximum atomic E-state index is 11.5. The van der Waals surface area contributed by atoms with E-state index in [1.807, 2.05) is 13.3 Å². The number of rotatable bonds is 1. The molecule has 1 heterocycles.